The van der Waals surface area contributed by atoms with E-state index in [1.807, 2.05) is 26.0 Å². The van der Waals surface area contributed by atoms with Gasteiger partial charge in [0.25, 0.3) is 0 Å². The average molecular weight is 558 g/mol. The van der Waals surface area contributed by atoms with Gasteiger partial charge in [-0.3, -0.25) is 4.79 Å². The third-order valence-corrected chi connectivity index (χ3v) is 8.36. The Kier molecular flexibility index (Phi) is 7.76. The monoisotopic (exact) mass is 556 g/mol. The molecule has 1 amide bonds. The third-order valence-electron chi connectivity index (χ3n) is 5.46. The summed E-state index contributed by atoms with van der Waals surface area (Å²) in [6, 6.07) is 10.3. The molecule has 0 aliphatic heterocycles. The molecule has 3 rings (SSSR count). The van der Waals surface area contributed by atoms with Gasteiger partial charge in [-0.15, -0.1) is 0 Å². The molecular weight excluding hydrogens is 532 g/mol. The van der Waals surface area contributed by atoms with Gasteiger partial charge in [0.2, 0.25) is 15.9 Å². The maximum absolute atomic E-state index is 13.4. The topological polar surface area (TPSA) is 66.5 Å². The number of carbonyl (C=O) groups is 1. The molecule has 0 bridgehead atoms. The highest BCUT2D eigenvalue weighted by Crippen LogP contribution is 2.29. The van der Waals surface area contributed by atoms with Crippen molar-refractivity contribution in [1.82, 2.24) is 4.31 Å². The molecule has 0 spiro atoms. The largest absolute Gasteiger partial charge is 0.324 e. The Morgan fingerprint density at radius 2 is 1.57 bits per heavy atom. The summed E-state index contributed by atoms with van der Waals surface area (Å²) >= 11 is 6.80. The summed E-state index contributed by atoms with van der Waals surface area (Å²) in [4.78, 5) is 13.2. The van der Waals surface area contributed by atoms with Gasteiger partial charge in [-0.2, -0.15) is 4.31 Å². The van der Waals surface area contributed by atoms with Crippen LogP contribution in [0.4, 0.5) is 5.69 Å². The Bertz CT molecular complexity index is 994. The molecule has 0 saturated heterocycles. The van der Waals surface area contributed by atoms with Crippen LogP contribution in [0.1, 0.15) is 43.2 Å². The molecule has 1 saturated carbocycles. The van der Waals surface area contributed by atoms with Gasteiger partial charge in [0, 0.05) is 20.7 Å². The van der Waals surface area contributed by atoms with Crippen molar-refractivity contribution >= 4 is 53.5 Å². The van der Waals surface area contributed by atoms with E-state index in [9.17, 15) is 13.2 Å². The lowest BCUT2D eigenvalue weighted by atomic mass is 9.95. The summed E-state index contributed by atoms with van der Waals surface area (Å²) in [7, 11) is -3.79. The molecule has 2 aromatic rings. The first kappa shape index (κ1) is 23.4. The highest BCUT2D eigenvalue weighted by Gasteiger charge is 2.34. The third kappa shape index (κ3) is 5.52. The second-order valence-electron chi connectivity index (χ2n) is 7.76. The number of nitrogens with one attached hydrogen (secondary N) is 1. The zero-order valence-corrected chi connectivity index (χ0v) is 21.1. The number of sulfonamides is 1. The minimum Gasteiger partial charge on any atom is -0.324 e. The predicted molar refractivity (Wildman–Crippen MR) is 127 cm³/mol. The van der Waals surface area contributed by atoms with Crippen LogP contribution >= 0.6 is 31.9 Å². The summed E-state index contributed by atoms with van der Waals surface area (Å²) in [6.07, 6.45) is 4.61. The van der Waals surface area contributed by atoms with E-state index in [-0.39, 0.29) is 23.4 Å². The highest BCUT2D eigenvalue weighted by molar-refractivity contribution is 9.10. The number of aryl methyl sites for hydroxylation is 2. The van der Waals surface area contributed by atoms with Gasteiger partial charge in [-0.05, 0) is 74.2 Å². The fourth-order valence-corrected chi connectivity index (χ4v) is 6.54. The maximum Gasteiger partial charge on any atom is 0.243 e. The second-order valence-corrected chi connectivity index (χ2v) is 11.5. The van der Waals surface area contributed by atoms with Crippen molar-refractivity contribution in [3.05, 3.63) is 56.5 Å². The highest BCUT2D eigenvalue weighted by atomic mass is 79.9. The molecule has 2 aromatic carbocycles. The van der Waals surface area contributed by atoms with Gasteiger partial charge in [-0.1, -0.05) is 51.1 Å². The summed E-state index contributed by atoms with van der Waals surface area (Å²) in [5.74, 6) is -0.324. The molecule has 1 aliphatic rings. The van der Waals surface area contributed by atoms with Crippen LogP contribution in [0.5, 0.6) is 0 Å². The number of halogens is 2. The molecule has 5 nitrogen and oxygen atoms in total. The second kappa shape index (κ2) is 9.94. The van der Waals surface area contributed by atoms with Gasteiger partial charge in [0.15, 0.2) is 0 Å². The van der Waals surface area contributed by atoms with E-state index < -0.39 is 10.0 Å². The molecule has 8 heteroatoms. The van der Waals surface area contributed by atoms with Crippen LogP contribution in [0, 0.1) is 13.8 Å². The number of carbonyl (C=O) groups excluding carboxylic acids is 1. The average Bonchev–Trinajstić information content (AvgIpc) is 2.70. The van der Waals surface area contributed by atoms with Crippen LogP contribution < -0.4 is 5.32 Å². The molecule has 0 unspecified atom stereocenters. The van der Waals surface area contributed by atoms with E-state index in [4.69, 9.17) is 0 Å². The molecule has 1 aliphatic carbocycles. The molecule has 0 heterocycles. The van der Waals surface area contributed by atoms with Crippen LogP contribution in [0.15, 0.2) is 50.2 Å². The van der Waals surface area contributed by atoms with Crippen molar-refractivity contribution < 1.29 is 13.2 Å². The van der Waals surface area contributed by atoms with Crippen LogP contribution in [-0.2, 0) is 14.8 Å². The Morgan fingerprint density at radius 3 is 2.13 bits per heavy atom. The molecular formula is C22H26Br2N2O3S. The zero-order valence-electron chi connectivity index (χ0n) is 17.1. The van der Waals surface area contributed by atoms with Gasteiger partial charge in [0.05, 0.1) is 11.4 Å². The van der Waals surface area contributed by atoms with E-state index in [1.54, 1.807) is 24.3 Å². The number of hydrogen-bond acceptors (Lipinski definition) is 3. The molecule has 162 valence electrons. The minimum atomic E-state index is -3.79. The first-order chi connectivity index (χ1) is 14.2. The molecule has 30 heavy (non-hydrogen) atoms. The van der Waals surface area contributed by atoms with E-state index in [1.165, 1.54) is 4.31 Å². The Labute approximate surface area is 195 Å². The lowest BCUT2D eigenvalue weighted by molar-refractivity contribution is -0.116. The SMILES string of the molecule is Cc1cc(Br)cc(C)c1NC(=O)CN(C1CCCCC1)S(=O)(=O)c1ccc(Br)cc1. The molecule has 1 N–H and O–H groups in total. The fourth-order valence-electron chi connectivity index (χ4n) is 3.95. The first-order valence-electron chi connectivity index (χ1n) is 10.0. The van der Waals surface area contributed by atoms with Gasteiger partial charge >= 0.3 is 0 Å². The van der Waals surface area contributed by atoms with Gasteiger partial charge < -0.3 is 5.32 Å². The van der Waals surface area contributed by atoms with Crippen molar-refractivity contribution in [2.45, 2.75) is 56.9 Å². The lowest BCUT2D eigenvalue weighted by Gasteiger charge is -2.33. The number of amides is 1. The van der Waals surface area contributed by atoms with Crippen molar-refractivity contribution in [3.63, 3.8) is 0 Å². The van der Waals surface area contributed by atoms with Crippen molar-refractivity contribution in [3.8, 4) is 0 Å². The Morgan fingerprint density at radius 1 is 1.00 bits per heavy atom. The van der Waals surface area contributed by atoms with Gasteiger partial charge in [0.1, 0.15) is 0 Å². The minimum absolute atomic E-state index is 0.162. The van der Waals surface area contributed by atoms with E-state index in [0.717, 1.165) is 57.9 Å². The van der Waals surface area contributed by atoms with E-state index in [2.05, 4.69) is 37.2 Å². The summed E-state index contributed by atoms with van der Waals surface area (Å²) in [6.45, 7) is 3.65. The molecule has 0 atom stereocenters. The molecule has 1 fully saturated rings. The summed E-state index contributed by atoms with van der Waals surface area (Å²) < 4.78 is 30.0. The predicted octanol–water partition coefficient (Wildman–Crippen LogP) is 5.79. The molecule has 0 radical (unpaired) electrons. The van der Waals surface area contributed by atoms with Gasteiger partial charge in [-0.25, -0.2) is 8.42 Å². The van der Waals surface area contributed by atoms with Crippen molar-refractivity contribution in [2.75, 3.05) is 11.9 Å². The Balaban J connectivity index is 1.87. The van der Waals surface area contributed by atoms with Crippen LogP contribution in [0.2, 0.25) is 0 Å². The quantitative estimate of drug-likeness (QED) is 0.488. The van der Waals surface area contributed by atoms with Crippen LogP contribution in [-0.4, -0.2) is 31.2 Å². The molecule has 0 aromatic heterocycles. The van der Waals surface area contributed by atoms with Crippen LogP contribution in [0.3, 0.4) is 0 Å². The van der Waals surface area contributed by atoms with Crippen molar-refractivity contribution in [1.29, 1.82) is 0 Å². The maximum atomic E-state index is 13.4. The number of benzene rings is 2. The van der Waals surface area contributed by atoms with Crippen molar-refractivity contribution in [2.24, 2.45) is 0 Å². The summed E-state index contributed by atoms with van der Waals surface area (Å²) in [5.41, 5.74) is 2.58. The number of rotatable bonds is 6. The zero-order chi connectivity index (χ0) is 21.9. The number of nitrogens with zero attached hydrogens (tertiary/aromatic N) is 1. The Hall–Kier alpha value is -1.22. The standard InChI is InChI=1S/C22H26Br2N2O3S/c1-15-12-18(24)13-16(2)22(15)25-21(27)14-26(19-6-4-3-5-7-19)30(28,29)20-10-8-17(23)9-11-20/h8-13,19H,3-7,14H2,1-2H3,(H,25,27). The first-order valence-corrected chi connectivity index (χ1v) is 13.0. The van der Waals surface area contributed by atoms with E-state index >= 15 is 0 Å². The summed E-state index contributed by atoms with van der Waals surface area (Å²) in [5, 5.41) is 2.93. The lowest BCUT2D eigenvalue weighted by Crippen LogP contribution is -2.45. The van der Waals surface area contributed by atoms with Crippen LogP contribution in [0.25, 0.3) is 0 Å². The van der Waals surface area contributed by atoms with E-state index in [0.29, 0.717) is 0 Å². The normalized spacial score (nSPS) is 15.4. The number of hydrogen-bond donors (Lipinski definition) is 1. The number of anilines is 1. The smallest absolute Gasteiger partial charge is 0.243 e. The fraction of sp³-hybridized carbons (Fsp3) is 0.409.